The predicted molar refractivity (Wildman–Crippen MR) is 167 cm³/mol. The summed E-state index contributed by atoms with van der Waals surface area (Å²) < 4.78 is 0. The van der Waals surface area contributed by atoms with Crippen molar-refractivity contribution in [3.8, 4) is 0 Å². The number of anilines is 2. The van der Waals surface area contributed by atoms with E-state index in [4.69, 9.17) is 11.6 Å². The summed E-state index contributed by atoms with van der Waals surface area (Å²) in [4.78, 5) is 45.6. The number of rotatable bonds is 7. The molecule has 7 nitrogen and oxygen atoms in total. The number of amides is 3. The van der Waals surface area contributed by atoms with Crippen molar-refractivity contribution in [2.24, 2.45) is 0 Å². The minimum absolute atomic E-state index is 0.00572. The number of benzene rings is 4. The molecule has 1 fully saturated rings. The smallest absolute Gasteiger partial charge is 0.257 e. The summed E-state index contributed by atoms with van der Waals surface area (Å²) in [6.07, 6.45) is 0. The molecule has 42 heavy (non-hydrogen) atoms. The Morgan fingerprint density at radius 3 is 2.17 bits per heavy atom. The van der Waals surface area contributed by atoms with Crippen LogP contribution in [0.2, 0.25) is 5.02 Å². The average molecular weight is 581 g/mol. The van der Waals surface area contributed by atoms with E-state index in [1.54, 1.807) is 48.3 Å². The molecule has 4 aromatic rings. The Balaban J connectivity index is 1.38. The van der Waals surface area contributed by atoms with Crippen LogP contribution in [0.4, 0.5) is 11.4 Å². The van der Waals surface area contributed by atoms with Gasteiger partial charge in [0.15, 0.2) is 0 Å². The fraction of sp³-hybridized carbons (Fsp3) is 0.206. The first-order valence-electron chi connectivity index (χ1n) is 13.9. The molecule has 0 bridgehead atoms. The second-order valence-electron chi connectivity index (χ2n) is 10.5. The summed E-state index contributed by atoms with van der Waals surface area (Å²) in [5, 5.41) is 3.24. The first-order valence-corrected chi connectivity index (χ1v) is 14.3. The number of hydrogen-bond acceptors (Lipinski definition) is 4. The minimum atomic E-state index is -0.354. The SMILES string of the molecule is Cc1ccc(C(=O)N2CCN(c3ccc(NC(=O)c4ccccc4Cl)cc3C(=O)N(C)Cc3ccccc3)CC2)cc1. The third kappa shape index (κ3) is 6.64. The topological polar surface area (TPSA) is 73.0 Å². The quantitative estimate of drug-likeness (QED) is 0.285. The van der Waals surface area contributed by atoms with E-state index in [1.165, 1.54) is 0 Å². The Bertz CT molecular complexity index is 1580. The fourth-order valence-corrected chi connectivity index (χ4v) is 5.29. The van der Waals surface area contributed by atoms with Gasteiger partial charge in [0.05, 0.1) is 16.1 Å². The molecule has 1 N–H and O–H groups in total. The van der Waals surface area contributed by atoms with Crippen LogP contribution in [-0.4, -0.2) is 60.7 Å². The maximum Gasteiger partial charge on any atom is 0.257 e. The van der Waals surface area contributed by atoms with Crippen LogP contribution in [0.5, 0.6) is 0 Å². The van der Waals surface area contributed by atoms with Gasteiger partial charge < -0.3 is 20.0 Å². The summed E-state index contributed by atoms with van der Waals surface area (Å²) in [5.74, 6) is -0.514. The number of nitrogens with zero attached hydrogens (tertiary/aromatic N) is 3. The summed E-state index contributed by atoms with van der Waals surface area (Å²) in [7, 11) is 1.77. The number of aryl methyl sites for hydroxylation is 1. The molecule has 0 saturated carbocycles. The molecule has 0 aromatic heterocycles. The van der Waals surface area contributed by atoms with Crippen molar-refractivity contribution < 1.29 is 14.4 Å². The van der Waals surface area contributed by atoms with E-state index in [0.717, 1.165) is 16.8 Å². The van der Waals surface area contributed by atoms with Gasteiger partial charge in [-0.15, -0.1) is 0 Å². The van der Waals surface area contributed by atoms with E-state index in [1.807, 2.05) is 72.5 Å². The van der Waals surface area contributed by atoms with Crippen molar-refractivity contribution in [3.05, 3.63) is 130 Å². The molecule has 0 aliphatic carbocycles. The van der Waals surface area contributed by atoms with Crippen LogP contribution in [0, 0.1) is 6.92 Å². The second-order valence-corrected chi connectivity index (χ2v) is 10.9. The number of carbonyl (C=O) groups is 3. The Labute approximate surface area is 251 Å². The second kappa shape index (κ2) is 12.9. The molecule has 1 aliphatic rings. The average Bonchev–Trinajstić information content (AvgIpc) is 3.01. The zero-order chi connectivity index (χ0) is 29.6. The lowest BCUT2D eigenvalue weighted by Crippen LogP contribution is -2.49. The zero-order valence-electron chi connectivity index (χ0n) is 23.7. The number of hydrogen-bond donors (Lipinski definition) is 1. The van der Waals surface area contributed by atoms with Crippen LogP contribution in [0.3, 0.4) is 0 Å². The largest absolute Gasteiger partial charge is 0.367 e. The van der Waals surface area contributed by atoms with Gasteiger partial charge in [-0.3, -0.25) is 14.4 Å². The Morgan fingerprint density at radius 1 is 0.810 bits per heavy atom. The van der Waals surface area contributed by atoms with Gasteiger partial charge in [-0.2, -0.15) is 0 Å². The molecule has 4 aromatic carbocycles. The minimum Gasteiger partial charge on any atom is -0.367 e. The third-order valence-electron chi connectivity index (χ3n) is 7.42. The van der Waals surface area contributed by atoms with Crippen molar-refractivity contribution in [2.45, 2.75) is 13.5 Å². The van der Waals surface area contributed by atoms with Crippen LogP contribution < -0.4 is 10.2 Å². The number of nitrogens with one attached hydrogen (secondary N) is 1. The highest BCUT2D eigenvalue weighted by molar-refractivity contribution is 6.34. The van der Waals surface area contributed by atoms with Crippen LogP contribution >= 0.6 is 11.6 Å². The van der Waals surface area contributed by atoms with Crippen molar-refractivity contribution in [3.63, 3.8) is 0 Å². The Kier molecular flexibility index (Phi) is 8.88. The predicted octanol–water partition coefficient (Wildman–Crippen LogP) is 6.14. The molecule has 3 amide bonds. The molecular formula is C34H33ClN4O3. The lowest BCUT2D eigenvalue weighted by Gasteiger charge is -2.37. The summed E-state index contributed by atoms with van der Waals surface area (Å²) in [6, 6.07) is 29.6. The Hall–Kier alpha value is -4.62. The first kappa shape index (κ1) is 28.9. The first-order chi connectivity index (χ1) is 20.3. The van der Waals surface area contributed by atoms with Crippen molar-refractivity contribution >= 4 is 40.7 Å². The number of halogens is 1. The van der Waals surface area contributed by atoms with Gasteiger partial charge in [-0.1, -0.05) is 71.8 Å². The highest BCUT2D eigenvalue weighted by Gasteiger charge is 2.26. The van der Waals surface area contributed by atoms with Crippen LogP contribution in [-0.2, 0) is 6.54 Å². The van der Waals surface area contributed by atoms with Gasteiger partial charge >= 0.3 is 0 Å². The lowest BCUT2D eigenvalue weighted by atomic mass is 10.1. The summed E-state index contributed by atoms with van der Waals surface area (Å²) >= 11 is 6.24. The normalized spacial score (nSPS) is 13.0. The van der Waals surface area contributed by atoms with Gasteiger partial charge in [-0.25, -0.2) is 0 Å². The molecule has 1 heterocycles. The van der Waals surface area contributed by atoms with E-state index in [-0.39, 0.29) is 17.7 Å². The fourth-order valence-electron chi connectivity index (χ4n) is 5.07. The van der Waals surface area contributed by atoms with E-state index in [2.05, 4.69) is 10.2 Å². The lowest BCUT2D eigenvalue weighted by molar-refractivity contribution is 0.0742. The molecule has 5 rings (SSSR count). The van der Waals surface area contributed by atoms with E-state index in [0.29, 0.717) is 60.1 Å². The van der Waals surface area contributed by atoms with Crippen molar-refractivity contribution in [2.75, 3.05) is 43.4 Å². The van der Waals surface area contributed by atoms with Gasteiger partial charge in [0, 0.05) is 56.7 Å². The molecule has 0 radical (unpaired) electrons. The van der Waals surface area contributed by atoms with Crippen LogP contribution in [0.15, 0.2) is 97.1 Å². The van der Waals surface area contributed by atoms with Gasteiger partial charge in [0.1, 0.15) is 0 Å². The molecule has 1 aliphatic heterocycles. The van der Waals surface area contributed by atoms with Crippen molar-refractivity contribution in [1.29, 1.82) is 0 Å². The maximum atomic E-state index is 13.9. The van der Waals surface area contributed by atoms with E-state index >= 15 is 0 Å². The molecule has 8 heteroatoms. The van der Waals surface area contributed by atoms with Crippen molar-refractivity contribution in [1.82, 2.24) is 9.80 Å². The highest BCUT2D eigenvalue weighted by atomic mass is 35.5. The zero-order valence-corrected chi connectivity index (χ0v) is 24.5. The van der Waals surface area contributed by atoms with Gasteiger partial charge in [-0.05, 0) is 55.0 Å². The molecule has 214 valence electrons. The molecule has 1 saturated heterocycles. The van der Waals surface area contributed by atoms with Crippen LogP contribution in [0.1, 0.15) is 42.2 Å². The van der Waals surface area contributed by atoms with Gasteiger partial charge in [0.2, 0.25) is 0 Å². The number of piperazine rings is 1. The molecular weight excluding hydrogens is 548 g/mol. The summed E-state index contributed by atoms with van der Waals surface area (Å²) in [6.45, 7) is 4.65. The molecule has 0 spiro atoms. The molecule has 0 unspecified atom stereocenters. The van der Waals surface area contributed by atoms with E-state index in [9.17, 15) is 14.4 Å². The summed E-state index contributed by atoms with van der Waals surface area (Å²) in [5.41, 5.74) is 4.88. The monoisotopic (exact) mass is 580 g/mol. The number of carbonyl (C=O) groups excluding carboxylic acids is 3. The van der Waals surface area contributed by atoms with Crippen LogP contribution in [0.25, 0.3) is 0 Å². The standard InChI is InChI=1S/C34H33ClN4O3/c1-24-12-14-26(15-13-24)33(41)39-20-18-38(19-21-39)31-17-16-27(36-32(40)28-10-6-7-11-30(28)35)22-29(31)34(42)37(2)23-25-8-4-3-5-9-25/h3-17,22H,18-21,23H2,1-2H3,(H,36,40). The third-order valence-corrected chi connectivity index (χ3v) is 7.75. The van der Waals surface area contributed by atoms with Gasteiger partial charge in [0.25, 0.3) is 17.7 Å². The maximum absolute atomic E-state index is 13.9. The molecule has 0 atom stereocenters. The highest BCUT2D eigenvalue weighted by Crippen LogP contribution is 2.28. The van der Waals surface area contributed by atoms with E-state index < -0.39 is 0 Å². The Morgan fingerprint density at radius 2 is 1.48 bits per heavy atom.